The Morgan fingerprint density at radius 2 is 1.34 bits per heavy atom. The molecule has 0 bridgehead atoms. The molecule has 32 heavy (non-hydrogen) atoms. The molecule has 1 heterocycles. The van der Waals surface area contributed by atoms with E-state index in [0.717, 1.165) is 50.3 Å². The molecule has 0 aromatic heterocycles. The highest BCUT2D eigenvalue weighted by Crippen LogP contribution is 2.15. The number of nitrogens with zero attached hydrogens (tertiary/aromatic N) is 2. The molecule has 1 atom stereocenters. The molecule has 1 saturated heterocycles. The summed E-state index contributed by atoms with van der Waals surface area (Å²) in [5, 5.41) is 9.44. The highest BCUT2D eigenvalue weighted by atomic mass is 16.5. The first-order valence-electron chi connectivity index (χ1n) is 13.9. The summed E-state index contributed by atoms with van der Waals surface area (Å²) < 4.78 is 6.58. The predicted octanol–water partition coefficient (Wildman–Crippen LogP) is 5.89. The highest BCUT2D eigenvalue weighted by Gasteiger charge is 2.29. The lowest BCUT2D eigenvalue weighted by Gasteiger charge is -2.37. The smallest absolute Gasteiger partial charge is 0.226 e. The van der Waals surface area contributed by atoms with Gasteiger partial charge in [0.2, 0.25) is 5.91 Å². The molecule has 1 fully saturated rings. The summed E-state index contributed by atoms with van der Waals surface area (Å²) in [6.45, 7) is 7.33. The Morgan fingerprint density at radius 1 is 0.812 bits per heavy atom. The molecule has 1 rings (SSSR count). The normalized spacial score (nSPS) is 16.1. The van der Waals surface area contributed by atoms with Crippen LogP contribution in [-0.2, 0) is 9.53 Å². The number of hydrogen-bond donors (Lipinski definition) is 1. The van der Waals surface area contributed by atoms with E-state index < -0.39 is 0 Å². The van der Waals surface area contributed by atoms with Gasteiger partial charge >= 0.3 is 0 Å². The lowest BCUT2D eigenvalue weighted by Crippen LogP contribution is -2.53. The summed E-state index contributed by atoms with van der Waals surface area (Å²) >= 11 is 0. The Bertz CT molecular complexity index is 447. The number of carbonyl (C=O) groups excluding carboxylic acids is 1. The van der Waals surface area contributed by atoms with Crippen molar-refractivity contribution in [3.63, 3.8) is 0 Å². The van der Waals surface area contributed by atoms with Gasteiger partial charge < -0.3 is 14.3 Å². The Morgan fingerprint density at radius 3 is 1.84 bits per heavy atom. The van der Waals surface area contributed by atoms with Gasteiger partial charge in [0.25, 0.3) is 0 Å². The summed E-state index contributed by atoms with van der Waals surface area (Å²) in [4.78, 5) is 13.9. The molecule has 1 aliphatic heterocycles. The highest BCUT2D eigenvalue weighted by molar-refractivity contribution is 5.77. The molecule has 0 spiro atoms. The molecule has 0 aliphatic carbocycles. The number of carbonyl (C=O) groups is 1. The van der Waals surface area contributed by atoms with E-state index in [0.29, 0.717) is 13.0 Å². The fourth-order valence-corrected chi connectivity index (χ4v) is 4.81. The van der Waals surface area contributed by atoms with Crippen LogP contribution in [0.25, 0.3) is 0 Å². The monoisotopic (exact) mass is 455 g/mol. The third-order valence-corrected chi connectivity index (χ3v) is 6.95. The maximum atomic E-state index is 11.9. The first-order chi connectivity index (χ1) is 15.6. The fourth-order valence-electron chi connectivity index (χ4n) is 4.81. The quantitative estimate of drug-likeness (QED) is 0.154. The molecule has 5 heteroatoms. The molecular formula is C27H55N2O3+. The van der Waals surface area contributed by atoms with E-state index in [1.807, 2.05) is 4.90 Å². The van der Waals surface area contributed by atoms with Crippen LogP contribution in [0.2, 0.25) is 0 Å². The number of hydrogen-bond acceptors (Lipinski definition) is 3. The minimum absolute atomic E-state index is 0.165. The van der Waals surface area contributed by atoms with Crippen LogP contribution in [0.15, 0.2) is 0 Å². The number of rotatable bonds is 23. The molecule has 1 aliphatic rings. The summed E-state index contributed by atoms with van der Waals surface area (Å²) in [7, 11) is 2.15. The summed E-state index contributed by atoms with van der Waals surface area (Å²) in [5.74, 6) is 0.265. The molecule has 190 valence electrons. The number of aliphatic hydroxyl groups is 1. The third kappa shape index (κ3) is 15.2. The van der Waals surface area contributed by atoms with Gasteiger partial charge in [-0.05, 0) is 12.8 Å². The van der Waals surface area contributed by atoms with E-state index in [-0.39, 0.29) is 12.5 Å². The van der Waals surface area contributed by atoms with Crippen molar-refractivity contribution < 1.29 is 19.1 Å². The van der Waals surface area contributed by atoms with Crippen molar-refractivity contribution in [3.05, 3.63) is 0 Å². The van der Waals surface area contributed by atoms with Gasteiger partial charge in [0.1, 0.15) is 6.54 Å². The van der Waals surface area contributed by atoms with Crippen molar-refractivity contribution >= 4 is 5.91 Å². The molecule has 0 aromatic rings. The van der Waals surface area contributed by atoms with E-state index in [4.69, 9.17) is 4.74 Å². The zero-order valence-electron chi connectivity index (χ0n) is 21.6. The average molecular weight is 456 g/mol. The molecular weight excluding hydrogens is 400 g/mol. The van der Waals surface area contributed by atoms with Gasteiger partial charge in [-0.1, -0.05) is 90.4 Å². The number of aliphatic hydroxyl groups excluding tert-OH is 1. The second kappa shape index (κ2) is 19.8. The van der Waals surface area contributed by atoms with Crippen LogP contribution in [0.1, 0.15) is 116 Å². The number of amides is 1. The van der Waals surface area contributed by atoms with Crippen LogP contribution >= 0.6 is 0 Å². The van der Waals surface area contributed by atoms with Gasteiger partial charge in [-0.2, -0.15) is 0 Å². The molecule has 0 aromatic carbocycles. The van der Waals surface area contributed by atoms with Gasteiger partial charge in [-0.25, -0.2) is 0 Å². The largest absolute Gasteiger partial charge is 0.391 e. The lowest BCUT2D eigenvalue weighted by molar-refractivity contribution is -0.918. The van der Waals surface area contributed by atoms with Crippen molar-refractivity contribution in [1.82, 2.24) is 4.90 Å². The standard InChI is InChI=1S/C27H55N2O3/c1-3-4-5-6-7-8-9-10-11-12-13-14-15-16-24-32-25-18-21-29(2,22-23-30)26-28-20-17-19-27(28)31/h30H,3-26H2,1-2H3/q+1. The van der Waals surface area contributed by atoms with E-state index in [9.17, 15) is 9.90 Å². The Balaban J connectivity index is 1.88. The number of likely N-dealkylation sites (tertiary alicyclic amines) is 1. The minimum atomic E-state index is 0.165. The van der Waals surface area contributed by atoms with Crippen molar-refractivity contribution in [2.45, 2.75) is 116 Å². The van der Waals surface area contributed by atoms with E-state index >= 15 is 0 Å². The van der Waals surface area contributed by atoms with Crippen LogP contribution in [0.4, 0.5) is 0 Å². The summed E-state index contributed by atoms with van der Waals surface area (Å²) in [5.41, 5.74) is 0. The number of quaternary nitrogens is 1. The van der Waals surface area contributed by atoms with Crippen LogP contribution in [0, 0.1) is 0 Å². The van der Waals surface area contributed by atoms with Gasteiger partial charge in [0.15, 0.2) is 6.67 Å². The van der Waals surface area contributed by atoms with Crippen LogP contribution < -0.4 is 0 Å². The Kier molecular flexibility index (Phi) is 18.2. The van der Waals surface area contributed by atoms with Crippen molar-refractivity contribution in [2.75, 3.05) is 53.2 Å². The van der Waals surface area contributed by atoms with E-state index in [1.165, 1.54) is 89.9 Å². The predicted molar refractivity (Wildman–Crippen MR) is 135 cm³/mol. The van der Waals surface area contributed by atoms with Crippen molar-refractivity contribution in [1.29, 1.82) is 0 Å². The van der Waals surface area contributed by atoms with Crippen LogP contribution in [0.3, 0.4) is 0 Å². The first-order valence-corrected chi connectivity index (χ1v) is 13.9. The van der Waals surface area contributed by atoms with Gasteiger partial charge in [-0.3, -0.25) is 9.69 Å². The zero-order valence-corrected chi connectivity index (χ0v) is 21.6. The second-order valence-electron chi connectivity index (χ2n) is 10.3. The maximum Gasteiger partial charge on any atom is 0.226 e. The van der Waals surface area contributed by atoms with E-state index in [2.05, 4.69) is 14.0 Å². The molecule has 5 nitrogen and oxygen atoms in total. The number of unbranched alkanes of at least 4 members (excludes halogenated alkanes) is 13. The van der Waals surface area contributed by atoms with Gasteiger partial charge in [0.05, 0.1) is 26.8 Å². The maximum absolute atomic E-state index is 11.9. The number of ether oxygens (including phenoxy) is 1. The van der Waals surface area contributed by atoms with Crippen molar-refractivity contribution in [3.8, 4) is 0 Å². The second-order valence-corrected chi connectivity index (χ2v) is 10.3. The first kappa shape index (κ1) is 29.4. The van der Waals surface area contributed by atoms with Crippen LogP contribution in [-0.4, -0.2) is 73.6 Å². The average Bonchev–Trinajstić information content (AvgIpc) is 3.17. The SMILES string of the molecule is CCCCCCCCCCCCCCCCOCCC[N+](C)(CCO)CN1CCCC1=O. The van der Waals surface area contributed by atoms with Gasteiger partial charge in [0, 0.05) is 26.0 Å². The van der Waals surface area contributed by atoms with Crippen LogP contribution in [0.5, 0.6) is 0 Å². The molecule has 1 unspecified atom stereocenters. The lowest BCUT2D eigenvalue weighted by atomic mass is 10.0. The minimum Gasteiger partial charge on any atom is -0.391 e. The summed E-state index contributed by atoms with van der Waals surface area (Å²) in [6.07, 6.45) is 22.0. The van der Waals surface area contributed by atoms with Crippen molar-refractivity contribution in [2.24, 2.45) is 0 Å². The molecule has 0 saturated carbocycles. The topological polar surface area (TPSA) is 49.8 Å². The Labute approximate surface area is 199 Å². The zero-order chi connectivity index (χ0) is 23.3. The fraction of sp³-hybridized carbons (Fsp3) is 0.963. The number of likely N-dealkylation sites (N-methyl/N-ethyl adjacent to an activating group) is 1. The molecule has 0 radical (unpaired) electrons. The Hall–Kier alpha value is -0.650. The molecule has 1 N–H and O–H groups in total. The molecule has 1 amide bonds. The van der Waals surface area contributed by atoms with E-state index in [1.54, 1.807) is 0 Å². The summed E-state index contributed by atoms with van der Waals surface area (Å²) in [6, 6.07) is 0. The van der Waals surface area contributed by atoms with Gasteiger partial charge in [-0.15, -0.1) is 0 Å². The third-order valence-electron chi connectivity index (χ3n) is 6.95.